The number of oxazole rings is 1. The Balaban J connectivity index is 2.74. The van der Waals surface area contributed by atoms with E-state index in [2.05, 4.69) is 4.98 Å². The third kappa shape index (κ3) is 1.12. The van der Waals surface area contributed by atoms with Crippen molar-refractivity contribution >= 4 is 22.7 Å². The van der Waals surface area contributed by atoms with Gasteiger partial charge in [0.15, 0.2) is 5.58 Å². The van der Waals surface area contributed by atoms with E-state index in [9.17, 15) is 4.79 Å². The van der Waals surface area contributed by atoms with Crippen LogP contribution in [0.5, 0.6) is 0 Å². The van der Waals surface area contributed by atoms with Crippen LogP contribution in [0, 0.1) is 0 Å². The fraction of sp³-hybridized carbons (Fsp3) is 0.125. The van der Waals surface area contributed by atoms with Crippen molar-refractivity contribution in [3.05, 3.63) is 34.3 Å². The number of hydrogen-bond acceptors (Lipinski definition) is 2. The van der Waals surface area contributed by atoms with Gasteiger partial charge in [-0.25, -0.2) is 4.79 Å². The van der Waals surface area contributed by atoms with Crippen molar-refractivity contribution in [2.75, 3.05) is 0 Å². The second-order valence-electron chi connectivity index (χ2n) is 2.48. The first-order valence-electron chi connectivity index (χ1n) is 3.47. The smallest absolute Gasteiger partial charge is 0.408 e. The standard InChI is InChI=1S/C8H6ClNO2/c9-4-5-1-2-7-6(3-5)10-8(11)12-7/h1-3H,4H2,(H,10,11). The van der Waals surface area contributed by atoms with Gasteiger partial charge in [-0.2, -0.15) is 0 Å². The van der Waals surface area contributed by atoms with E-state index in [0.717, 1.165) is 5.56 Å². The summed E-state index contributed by atoms with van der Waals surface area (Å²) in [5.74, 6) is 0.0000907. The zero-order chi connectivity index (χ0) is 8.55. The number of benzene rings is 1. The zero-order valence-corrected chi connectivity index (χ0v) is 6.89. The van der Waals surface area contributed by atoms with Crippen molar-refractivity contribution in [2.45, 2.75) is 5.88 Å². The number of alkyl halides is 1. The van der Waals surface area contributed by atoms with Crippen LogP contribution in [-0.4, -0.2) is 4.98 Å². The predicted octanol–water partition coefficient (Wildman–Crippen LogP) is 1.86. The Kier molecular flexibility index (Phi) is 1.66. The van der Waals surface area contributed by atoms with Crippen LogP contribution in [0.2, 0.25) is 0 Å². The summed E-state index contributed by atoms with van der Waals surface area (Å²) in [5, 5.41) is 0. The van der Waals surface area contributed by atoms with Crippen LogP contribution >= 0.6 is 11.6 Å². The first-order valence-corrected chi connectivity index (χ1v) is 4.01. The van der Waals surface area contributed by atoms with E-state index in [1.165, 1.54) is 0 Å². The first-order chi connectivity index (χ1) is 5.79. The van der Waals surface area contributed by atoms with Gasteiger partial charge < -0.3 is 4.42 Å². The summed E-state index contributed by atoms with van der Waals surface area (Å²) < 4.78 is 4.81. The Bertz CT molecular complexity index is 457. The van der Waals surface area contributed by atoms with Crippen LogP contribution in [0.4, 0.5) is 0 Å². The Morgan fingerprint density at radius 2 is 2.33 bits per heavy atom. The number of aromatic amines is 1. The molecular weight excluding hydrogens is 178 g/mol. The van der Waals surface area contributed by atoms with Gasteiger partial charge in [0.25, 0.3) is 0 Å². The van der Waals surface area contributed by atoms with Gasteiger partial charge in [0.05, 0.1) is 5.52 Å². The molecular formula is C8H6ClNO2. The average Bonchev–Trinajstić information content (AvgIpc) is 2.43. The summed E-state index contributed by atoms with van der Waals surface area (Å²) in [7, 11) is 0. The highest BCUT2D eigenvalue weighted by molar-refractivity contribution is 6.17. The SMILES string of the molecule is O=c1[nH]c2cc(CCl)ccc2o1. The molecule has 12 heavy (non-hydrogen) atoms. The Morgan fingerprint density at radius 3 is 3.08 bits per heavy atom. The van der Waals surface area contributed by atoms with E-state index in [1.54, 1.807) is 12.1 Å². The molecule has 0 fully saturated rings. The molecule has 3 nitrogen and oxygen atoms in total. The molecule has 1 aromatic heterocycles. The molecule has 1 heterocycles. The number of halogens is 1. The van der Waals surface area contributed by atoms with E-state index in [1.807, 2.05) is 6.07 Å². The van der Waals surface area contributed by atoms with Crippen molar-refractivity contribution < 1.29 is 4.42 Å². The number of H-pyrrole nitrogens is 1. The number of nitrogens with one attached hydrogen (secondary N) is 1. The summed E-state index contributed by atoms with van der Waals surface area (Å²) in [5.41, 5.74) is 2.22. The van der Waals surface area contributed by atoms with Crippen LogP contribution < -0.4 is 5.76 Å². The minimum atomic E-state index is -0.434. The van der Waals surface area contributed by atoms with Gasteiger partial charge in [-0.05, 0) is 17.7 Å². The summed E-state index contributed by atoms with van der Waals surface area (Å²) in [4.78, 5) is 13.3. The topological polar surface area (TPSA) is 46.0 Å². The normalized spacial score (nSPS) is 10.8. The van der Waals surface area contributed by atoms with Crippen LogP contribution in [0.1, 0.15) is 5.56 Å². The van der Waals surface area contributed by atoms with Gasteiger partial charge in [0, 0.05) is 5.88 Å². The zero-order valence-electron chi connectivity index (χ0n) is 6.13. The van der Waals surface area contributed by atoms with E-state index in [0.29, 0.717) is 17.0 Å². The van der Waals surface area contributed by atoms with Crippen molar-refractivity contribution in [3.8, 4) is 0 Å². The maximum Gasteiger partial charge on any atom is 0.417 e. The molecule has 1 aromatic carbocycles. The van der Waals surface area contributed by atoms with Crippen LogP contribution in [0.25, 0.3) is 11.1 Å². The van der Waals surface area contributed by atoms with Crippen molar-refractivity contribution in [2.24, 2.45) is 0 Å². The highest BCUT2D eigenvalue weighted by Crippen LogP contribution is 2.13. The molecule has 2 rings (SSSR count). The second kappa shape index (κ2) is 2.68. The summed E-state index contributed by atoms with van der Waals surface area (Å²) in [6.07, 6.45) is 0. The van der Waals surface area contributed by atoms with Crippen LogP contribution in [0.3, 0.4) is 0 Å². The lowest BCUT2D eigenvalue weighted by molar-refractivity contribution is 0.555. The minimum absolute atomic E-state index is 0.434. The number of aromatic nitrogens is 1. The number of hydrogen-bond donors (Lipinski definition) is 1. The molecule has 0 aliphatic heterocycles. The maximum atomic E-state index is 10.7. The molecule has 0 saturated carbocycles. The van der Waals surface area contributed by atoms with Gasteiger partial charge in [-0.1, -0.05) is 6.07 Å². The quantitative estimate of drug-likeness (QED) is 0.686. The van der Waals surface area contributed by atoms with Crippen molar-refractivity contribution in [1.82, 2.24) is 4.98 Å². The number of fused-ring (bicyclic) bond motifs is 1. The van der Waals surface area contributed by atoms with E-state index < -0.39 is 5.76 Å². The molecule has 0 aliphatic rings. The molecule has 0 bridgehead atoms. The van der Waals surface area contributed by atoms with Crippen LogP contribution in [-0.2, 0) is 5.88 Å². The largest absolute Gasteiger partial charge is 0.417 e. The van der Waals surface area contributed by atoms with Crippen molar-refractivity contribution in [1.29, 1.82) is 0 Å². The van der Waals surface area contributed by atoms with E-state index >= 15 is 0 Å². The molecule has 4 heteroatoms. The lowest BCUT2D eigenvalue weighted by atomic mass is 10.2. The van der Waals surface area contributed by atoms with Crippen molar-refractivity contribution in [3.63, 3.8) is 0 Å². The van der Waals surface area contributed by atoms with Gasteiger partial charge in [-0.15, -0.1) is 11.6 Å². The first kappa shape index (κ1) is 7.43. The third-order valence-corrected chi connectivity index (χ3v) is 1.95. The van der Waals surface area contributed by atoms with Gasteiger partial charge in [-0.3, -0.25) is 4.98 Å². The van der Waals surface area contributed by atoms with E-state index in [4.69, 9.17) is 16.0 Å². The monoisotopic (exact) mass is 183 g/mol. The molecule has 0 aliphatic carbocycles. The molecule has 0 amide bonds. The van der Waals surface area contributed by atoms with Gasteiger partial charge in [0.2, 0.25) is 0 Å². The molecule has 0 saturated heterocycles. The fourth-order valence-electron chi connectivity index (χ4n) is 1.08. The minimum Gasteiger partial charge on any atom is -0.408 e. The molecule has 0 unspecified atom stereocenters. The Morgan fingerprint density at radius 1 is 1.50 bits per heavy atom. The maximum absolute atomic E-state index is 10.7. The molecule has 62 valence electrons. The van der Waals surface area contributed by atoms with Gasteiger partial charge in [0.1, 0.15) is 0 Å². The highest BCUT2D eigenvalue weighted by Gasteiger charge is 2.00. The molecule has 1 N–H and O–H groups in total. The fourth-order valence-corrected chi connectivity index (χ4v) is 1.25. The Hall–Kier alpha value is -1.22. The lowest BCUT2D eigenvalue weighted by Gasteiger charge is -1.91. The molecule has 2 aromatic rings. The molecule has 0 spiro atoms. The van der Waals surface area contributed by atoms with E-state index in [-0.39, 0.29) is 0 Å². The number of rotatable bonds is 1. The summed E-state index contributed by atoms with van der Waals surface area (Å²) >= 11 is 5.61. The third-order valence-electron chi connectivity index (χ3n) is 1.64. The highest BCUT2D eigenvalue weighted by atomic mass is 35.5. The van der Waals surface area contributed by atoms with Gasteiger partial charge >= 0.3 is 5.76 Å². The average molecular weight is 184 g/mol. The molecule has 0 atom stereocenters. The summed E-state index contributed by atoms with van der Waals surface area (Å²) in [6.45, 7) is 0. The summed E-state index contributed by atoms with van der Waals surface area (Å²) in [6, 6.07) is 5.35. The Labute approximate surface area is 73.0 Å². The lowest BCUT2D eigenvalue weighted by Crippen LogP contribution is -1.92. The predicted molar refractivity (Wildman–Crippen MR) is 46.4 cm³/mol. The molecule has 0 radical (unpaired) electrons. The van der Waals surface area contributed by atoms with Crippen LogP contribution in [0.15, 0.2) is 27.4 Å². The second-order valence-corrected chi connectivity index (χ2v) is 2.75.